The number of amides is 4. The van der Waals surface area contributed by atoms with Gasteiger partial charge in [0, 0.05) is 6.42 Å². The summed E-state index contributed by atoms with van der Waals surface area (Å²) in [6, 6.07) is 4.12. The molecule has 1 saturated heterocycles. The first-order chi connectivity index (χ1) is 11.4. The molecule has 1 N–H and O–H groups in total. The molecule has 4 amide bonds. The van der Waals surface area contributed by atoms with Gasteiger partial charge in [-0.05, 0) is 25.0 Å². The molecular weight excluding hydrogens is 308 g/mol. The Labute approximate surface area is 141 Å². The Morgan fingerprint density at radius 2 is 1.75 bits per heavy atom. The minimum atomic E-state index is -0.903. The lowest BCUT2D eigenvalue weighted by Crippen LogP contribution is -2.54. The van der Waals surface area contributed by atoms with Crippen LogP contribution in [0.25, 0.3) is 0 Å². The van der Waals surface area contributed by atoms with E-state index in [0.717, 1.165) is 4.90 Å². The normalized spacial score (nSPS) is 19.6. The number of carbonyl (C=O) groups excluding carboxylic acids is 4. The van der Waals surface area contributed by atoms with Crippen LogP contribution >= 0.6 is 0 Å². The SMILES string of the molecule is CCCC.Cc1cccc2c1C(=O)N(C1CCC(=O)NC1=O)C2=O. The Morgan fingerprint density at radius 1 is 1.08 bits per heavy atom. The molecule has 3 rings (SSSR count). The number of carbonyl (C=O) groups is 4. The third-order valence-electron chi connectivity index (χ3n) is 4.18. The fourth-order valence-electron chi connectivity index (χ4n) is 2.68. The summed E-state index contributed by atoms with van der Waals surface area (Å²) < 4.78 is 0. The zero-order chi connectivity index (χ0) is 17.9. The molecule has 0 spiro atoms. The lowest BCUT2D eigenvalue weighted by atomic mass is 10.0. The topological polar surface area (TPSA) is 83.6 Å². The molecule has 1 atom stereocenters. The van der Waals surface area contributed by atoms with Crippen LogP contribution in [0.3, 0.4) is 0 Å². The first kappa shape index (κ1) is 17.8. The van der Waals surface area contributed by atoms with Gasteiger partial charge < -0.3 is 0 Å². The summed E-state index contributed by atoms with van der Waals surface area (Å²) in [4.78, 5) is 48.7. The third kappa shape index (κ3) is 3.22. The summed E-state index contributed by atoms with van der Waals surface area (Å²) in [5.74, 6) is -1.90. The van der Waals surface area contributed by atoms with Crippen LogP contribution in [0.2, 0.25) is 0 Å². The number of hydrogen-bond acceptors (Lipinski definition) is 4. The number of benzene rings is 1. The highest BCUT2D eigenvalue weighted by atomic mass is 16.2. The molecule has 0 aromatic heterocycles. The largest absolute Gasteiger partial charge is 0.295 e. The molecule has 0 saturated carbocycles. The average Bonchev–Trinajstić information content (AvgIpc) is 2.81. The predicted octanol–water partition coefficient (Wildman–Crippen LogP) is 2.20. The van der Waals surface area contributed by atoms with Crippen molar-refractivity contribution in [3.05, 3.63) is 34.9 Å². The minimum Gasteiger partial charge on any atom is -0.295 e. The number of piperidine rings is 1. The van der Waals surface area contributed by atoms with Gasteiger partial charge in [0.05, 0.1) is 11.1 Å². The lowest BCUT2D eigenvalue weighted by Gasteiger charge is -2.27. The van der Waals surface area contributed by atoms with Crippen LogP contribution < -0.4 is 5.32 Å². The van der Waals surface area contributed by atoms with Crippen LogP contribution in [-0.2, 0) is 9.59 Å². The van der Waals surface area contributed by atoms with Gasteiger partial charge in [-0.2, -0.15) is 0 Å². The maximum Gasteiger partial charge on any atom is 0.262 e. The molecule has 1 unspecified atom stereocenters. The summed E-state index contributed by atoms with van der Waals surface area (Å²) >= 11 is 0. The van der Waals surface area contributed by atoms with E-state index in [1.54, 1.807) is 25.1 Å². The molecule has 2 heterocycles. The standard InChI is InChI=1S/C14H12N2O4.C4H10/c1-7-3-2-4-8-11(7)14(20)16(13(8)19)9-5-6-10(17)15-12(9)18;1-3-4-2/h2-4,9H,5-6H2,1H3,(H,15,17,18);3-4H2,1-2H3. The smallest absolute Gasteiger partial charge is 0.262 e. The molecule has 0 radical (unpaired) electrons. The fraction of sp³-hybridized carbons (Fsp3) is 0.444. The number of hydrogen-bond donors (Lipinski definition) is 1. The highest BCUT2D eigenvalue weighted by molar-refractivity contribution is 6.24. The van der Waals surface area contributed by atoms with E-state index >= 15 is 0 Å². The quantitative estimate of drug-likeness (QED) is 0.843. The Hall–Kier alpha value is -2.50. The van der Waals surface area contributed by atoms with Gasteiger partial charge in [0.15, 0.2) is 0 Å². The summed E-state index contributed by atoms with van der Waals surface area (Å²) in [6.45, 7) is 6.11. The van der Waals surface area contributed by atoms with Crippen molar-refractivity contribution in [3.8, 4) is 0 Å². The van der Waals surface area contributed by atoms with Gasteiger partial charge in [0.2, 0.25) is 11.8 Å². The van der Waals surface area contributed by atoms with Crippen LogP contribution in [-0.4, -0.2) is 34.6 Å². The monoisotopic (exact) mass is 330 g/mol. The van der Waals surface area contributed by atoms with Gasteiger partial charge in [-0.15, -0.1) is 0 Å². The summed E-state index contributed by atoms with van der Waals surface area (Å²) in [7, 11) is 0. The van der Waals surface area contributed by atoms with E-state index in [2.05, 4.69) is 19.2 Å². The molecule has 0 aliphatic carbocycles. The van der Waals surface area contributed by atoms with Gasteiger partial charge in [-0.25, -0.2) is 0 Å². The van der Waals surface area contributed by atoms with Crippen molar-refractivity contribution >= 4 is 23.6 Å². The van der Waals surface area contributed by atoms with Gasteiger partial charge in [-0.1, -0.05) is 38.8 Å². The number of imide groups is 2. The van der Waals surface area contributed by atoms with Crippen molar-refractivity contribution in [2.45, 2.75) is 52.5 Å². The van der Waals surface area contributed by atoms with E-state index in [4.69, 9.17) is 0 Å². The molecule has 1 fully saturated rings. The summed E-state index contributed by atoms with van der Waals surface area (Å²) in [6.07, 6.45) is 2.94. The van der Waals surface area contributed by atoms with Crippen LogP contribution in [0.5, 0.6) is 0 Å². The number of unbranched alkanes of at least 4 members (excludes halogenated alkanes) is 1. The van der Waals surface area contributed by atoms with Crippen LogP contribution in [0.15, 0.2) is 18.2 Å². The second-order valence-corrected chi connectivity index (χ2v) is 5.94. The number of fused-ring (bicyclic) bond motifs is 1. The van der Waals surface area contributed by atoms with Crippen LogP contribution in [0.4, 0.5) is 0 Å². The van der Waals surface area contributed by atoms with E-state index < -0.39 is 23.8 Å². The second kappa shape index (κ2) is 7.38. The molecule has 1 aromatic carbocycles. The molecule has 6 heteroatoms. The molecule has 0 bridgehead atoms. The highest BCUT2D eigenvalue weighted by Crippen LogP contribution is 2.29. The summed E-state index contributed by atoms with van der Waals surface area (Å²) in [5.41, 5.74) is 1.37. The Kier molecular flexibility index (Phi) is 5.49. The zero-order valence-electron chi connectivity index (χ0n) is 14.2. The highest BCUT2D eigenvalue weighted by Gasteiger charge is 2.44. The van der Waals surface area contributed by atoms with Crippen molar-refractivity contribution < 1.29 is 19.2 Å². The van der Waals surface area contributed by atoms with Gasteiger partial charge in [0.25, 0.3) is 11.8 Å². The first-order valence-corrected chi connectivity index (χ1v) is 8.23. The van der Waals surface area contributed by atoms with Crippen LogP contribution in [0.1, 0.15) is 65.8 Å². The molecule has 128 valence electrons. The molecule has 1 aromatic rings. The zero-order valence-corrected chi connectivity index (χ0v) is 14.2. The van der Waals surface area contributed by atoms with Crippen molar-refractivity contribution in [3.63, 3.8) is 0 Å². The molecule has 2 aliphatic rings. The fourth-order valence-corrected chi connectivity index (χ4v) is 2.68. The Morgan fingerprint density at radius 3 is 2.29 bits per heavy atom. The predicted molar refractivity (Wildman–Crippen MR) is 88.4 cm³/mol. The van der Waals surface area contributed by atoms with E-state index in [1.165, 1.54) is 12.8 Å². The van der Waals surface area contributed by atoms with Crippen molar-refractivity contribution in [2.24, 2.45) is 0 Å². The summed E-state index contributed by atoms with van der Waals surface area (Å²) in [5, 5.41) is 2.16. The molecule has 6 nitrogen and oxygen atoms in total. The van der Waals surface area contributed by atoms with Crippen molar-refractivity contribution in [1.29, 1.82) is 0 Å². The van der Waals surface area contributed by atoms with Crippen molar-refractivity contribution in [1.82, 2.24) is 10.2 Å². The number of nitrogens with one attached hydrogen (secondary N) is 1. The van der Waals surface area contributed by atoms with E-state index in [-0.39, 0.29) is 18.7 Å². The van der Waals surface area contributed by atoms with E-state index in [1.807, 2.05) is 0 Å². The third-order valence-corrected chi connectivity index (χ3v) is 4.18. The number of nitrogens with zero attached hydrogens (tertiary/aromatic N) is 1. The first-order valence-electron chi connectivity index (χ1n) is 8.23. The van der Waals surface area contributed by atoms with Gasteiger partial charge in [0.1, 0.15) is 6.04 Å². The maximum atomic E-state index is 12.4. The minimum absolute atomic E-state index is 0.128. The Bertz CT molecular complexity index is 694. The lowest BCUT2D eigenvalue weighted by molar-refractivity contribution is -0.136. The molecule has 24 heavy (non-hydrogen) atoms. The number of rotatable bonds is 2. The van der Waals surface area contributed by atoms with Gasteiger partial charge >= 0.3 is 0 Å². The van der Waals surface area contributed by atoms with Gasteiger partial charge in [-0.3, -0.25) is 29.4 Å². The Balaban J connectivity index is 0.000000471. The maximum absolute atomic E-state index is 12.4. The van der Waals surface area contributed by atoms with E-state index in [9.17, 15) is 19.2 Å². The van der Waals surface area contributed by atoms with Crippen LogP contribution in [0, 0.1) is 6.92 Å². The second-order valence-electron chi connectivity index (χ2n) is 5.94. The molecule has 2 aliphatic heterocycles. The van der Waals surface area contributed by atoms with E-state index in [0.29, 0.717) is 16.7 Å². The molecular formula is C18H22N2O4. The van der Waals surface area contributed by atoms with Crippen molar-refractivity contribution in [2.75, 3.05) is 0 Å². The number of aryl methyl sites for hydroxylation is 1. The average molecular weight is 330 g/mol.